The summed E-state index contributed by atoms with van der Waals surface area (Å²) in [7, 11) is 0. The molecule has 0 radical (unpaired) electrons. The first kappa shape index (κ1) is 14.8. The predicted molar refractivity (Wildman–Crippen MR) is 77.9 cm³/mol. The summed E-state index contributed by atoms with van der Waals surface area (Å²) in [4.78, 5) is 2.31. The summed E-state index contributed by atoms with van der Waals surface area (Å²) in [5.41, 5.74) is 6.53. The fourth-order valence-corrected chi connectivity index (χ4v) is 3.01. The Labute approximate surface area is 119 Å². The highest BCUT2D eigenvalue weighted by molar-refractivity contribution is 6.30. The Morgan fingerprint density at radius 3 is 2.42 bits per heavy atom. The van der Waals surface area contributed by atoms with Gasteiger partial charge in [-0.05, 0) is 44.1 Å². The predicted octanol–water partition coefficient (Wildman–Crippen LogP) is 3.75. The molecule has 19 heavy (non-hydrogen) atoms. The van der Waals surface area contributed by atoms with E-state index in [1.54, 1.807) is 12.1 Å². The van der Waals surface area contributed by atoms with Crippen molar-refractivity contribution in [1.82, 2.24) is 4.90 Å². The smallest absolute Gasteiger partial charge is 0.128 e. The van der Waals surface area contributed by atoms with Gasteiger partial charge in [0.05, 0.1) is 0 Å². The van der Waals surface area contributed by atoms with Crippen LogP contribution in [0.5, 0.6) is 0 Å². The Kier molecular flexibility index (Phi) is 5.61. The Hall–Kier alpha value is -0.640. The SMILES string of the molecule is NCC(c1cc(Cl)ccc1F)N1CCCCCCC1. The lowest BCUT2D eigenvalue weighted by Crippen LogP contribution is -2.36. The lowest BCUT2D eigenvalue weighted by Gasteiger charge is -2.32. The van der Waals surface area contributed by atoms with Gasteiger partial charge in [-0.3, -0.25) is 4.90 Å². The first-order valence-electron chi connectivity index (χ1n) is 7.11. The van der Waals surface area contributed by atoms with Crippen LogP contribution in [-0.2, 0) is 0 Å². The number of halogens is 2. The largest absolute Gasteiger partial charge is 0.329 e. The number of hydrogen-bond acceptors (Lipinski definition) is 2. The summed E-state index contributed by atoms with van der Waals surface area (Å²) in [6.07, 6.45) is 6.15. The van der Waals surface area contributed by atoms with E-state index in [0.29, 0.717) is 17.1 Å². The Morgan fingerprint density at radius 2 is 1.79 bits per heavy atom. The molecule has 2 rings (SSSR count). The third kappa shape index (κ3) is 3.91. The maximum atomic E-state index is 14.0. The molecule has 1 aromatic carbocycles. The van der Waals surface area contributed by atoms with E-state index in [0.717, 1.165) is 13.1 Å². The van der Waals surface area contributed by atoms with Crippen molar-refractivity contribution in [2.24, 2.45) is 5.73 Å². The number of rotatable bonds is 3. The molecule has 1 atom stereocenters. The molecule has 0 aliphatic carbocycles. The highest BCUT2D eigenvalue weighted by Crippen LogP contribution is 2.27. The fourth-order valence-electron chi connectivity index (χ4n) is 2.83. The van der Waals surface area contributed by atoms with Gasteiger partial charge in [0.1, 0.15) is 5.82 Å². The van der Waals surface area contributed by atoms with Gasteiger partial charge in [0.25, 0.3) is 0 Å². The molecule has 0 spiro atoms. The molecule has 2 nitrogen and oxygen atoms in total. The maximum Gasteiger partial charge on any atom is 0.128 e. The Balaban J connectivity index is 2.19. The van der Waals surface area contributed by atoms with Crippen molar-refractivity contribution in [3.05, 3.63) is 34.6 Å². The topological polar surface area (TPSA) is 29.3 Å². The highest BCUT2D eigenvalue weighted by Gasteiger charge is 2.22. The van der Waals surface area contributed by atoms with Gasteiger partial charge in [-0.25, -0.2) is 4.39 Å². The normalized spacial score (nSPS) is 19.7. The monoisotopic (exact) mass is 284 g/mol. The lowest BCUT2D eigenvalue weighted by atomic mass is 10.0. The summed E-state index contributed by atoms with van der Waals surface area (Å²) >= 11 is 5.99. The molecule has 1 aromatic rings. The molecule has 0 bridgehead atoms. The zero-order chi connectivity index (χ0) is 13.7. The van der Waals surface area contributed by atoms with Gasteiger partial charge in [-0.2, -0.15) is 0 Å². The van der Waals surface area contributed by atoms with Crippen molar-refractivity contribution in [3.8, 4) is 0 Å². The van der Waals surface area contributed by atoms with Gasteiger partial charge in [-0.15, -0.1) is 0 Å². The van der Waals surface area contributed by atoms with Crippen LogP contribution in [0.2, 0.25) is 5.02 Å². The van der Waals surface area contributed by atoms with Crippen LogP contribution in [0.3, 0.4) is 0 Å². The van der Waals surface area contributed by atoms with Crippen molar-refractivity contribution >= 4 is 11.6 Å². The van der Waals surface area contributed by atoms with Crippen LogP contribution >= 0.6 is 11.6 Å². The second-order valence-electron chi connectivity index (χ2n) is 5.22. The van der Waals surface area contributed by atoms with Gasteiger partial charge in [0, 0.05) is 23.2 Å². The third-order valence-corrected chi connectivity index (χ3v) is 4.11. The van der Waals surface area contributed by atoms with Crippen molar-refractivity contribution in [3.63, 3.8) is 0 Å². The number of hydrogen-bond donors (Lipinski definition) is 1. The molecule has 1 aliphatic heterocycles. The van der Waals surface area contributed by atoms with Gasteiger partial charge in [0.2, 0.25) is 0 Å². The average molecular weight is 285 g/mol. The molecule has 4 heteroatoms. The molecule has 1 unspecified atom stereocenters. The number of benzene rings is 1. The zero-order valence-corrected chi connectivity index (χ0v) is 12.0. The quantitative estimate of drug-likeness (QED) is 0.916. The van der Waals surface area contributed by atoms with Crippen LogP contribution in [0.4, 0.5) is 4.39 Å². The minimum atomic E-state index is -0.207. The Bertz CT molecular complexity index is 403. The molecule has 0 aromatic heterocycles. The minimum absolute atomic E-state index is 0.0585. The molecule has 2 N–H and O–H groups in total. The molecule has 1 heterocycles. The van der Waals surface area contributed by atoms with Crippen LogP contribution in [-0.4, -0.2) is 24.5 Å². The van der Waals surface area contributed by atoms with E-state index in [1.165, 1.54) is 38.2 Å². The van der Waals surface area contributed by atoms with E-state index in [1.807, 2.05) is 0 Å². The third-order valence-electron chi connectivity index (χ3n) is 3.87. The van der Waals surface area contributed by atoms with Gasteiger partial charge < -0.3 is 5.73 Å². The van der Waals surface area contributed by atoms with E-state index in [9.17, 15) is 4.39 Å². The molecular formula is C15H22ClFN2. The fraction of sp³-hybridized carbons (Fsp3) is 0.600. The van der Waals surface area contributed by atoms with Crippen molar-refractivity contribution in [2.75, 3.05) is 19.6 Å². The summed E-state index contributed by atoms with van der Waals surface area (Å²) in [5.74, 6) is -0.207. The standard InChI is InChI=1S/C15H22ClFN2/c16-12-6-7-14(17)13(10-12)15(11-18)19-8-4-2-1-3-5-9-19/h6-7,10,15H,1-5,8-9,11,18H2. The zero-order valence-electron chi connectivity index (χ0n) is 11.2. The molecule has 0 amide bonds. The first-order valence-corrected chi connectivity index (χ1v) is 7.49. The highest BCUT2D eigenvalue weighted by atomic mass is 35.5. The lowest BCUT2D eigenvalue weighted by molar-refractivity contribution is 0.180. The summed E-state index contributed by atoms with van der Waals surface area (Å²) in [6.45, 7) is 2.42. The van der Waals surface area contributed by atoms with Gasteiger partial charge in [-0.1, -0.05) is 30.9 Å². The second-order valence-corrected chi connectivity index (χ2v) is 5.66. The van der Waals surface area contributed by atoms with Crippen LogP contribution in [0.1, 0.15) is 43.7 Å². The first-order chi connectivity index (χ1) is 9.22. The summed E-state index contributed by atoms with van der Waals surface area (Å²) in [5, 5.41) is 0.571. The number of likely N-dealkylation sites (tertiary alicyclic amines) is 1. The molecule has 1 saturated heterocycles. The molecule has 1 aliphatic rings. The van der Waals surface area contributed by atoms with Crippen LogP contribution in [0.25, 0.3) is 0 Å². The van der Waals surface area contributed by atoms with Crippen molar-refractivity contribution in [2.45, 2.75) is 38.1 Å². The van der Waals surface area contributed by atoms with Crippen LogP contribution < -0.4 is 5.73 Å². The summed E-state index contributed by atoms with van der Waals surface area (Å²) in [6, 6.07) is 4.68. The van der Waals surface area contributed by atoms with E-state index >= 15 is 0 Å². The molecule has 0 saturated carbocycles. The molecule has 106 valence electrons. The average Bonchev–Trinajstić information content (AvgIpc) is 2.36. The van der Waals surface area contributed by atoms with E-state index < -0.39 is 0 Å². The van der Waals surface area contributed by atoms with E-state index in [4.69, 9.17) is 17.3 Å². The van der Waals surface area contributed by atoms with E-state index in [2.05, 4.69) is 4.90 Å². The second kappa shape index (κ2) is 7.22. The number of nitrogens with zero attached hydrogens (tertiary/aromatic N) is 1. The molecular weight excluding hydrogens is 263 g/mol. The number of nitrogens with two attached hydrogens (primary N) is 1. The van der Waals surface area contributed by atoms with Crippen LogP contribution in [0.15, 0.2) is 18.2 Å². The van der Waals surface area contributed by atoms with Crippen molar-refractivity contribution < 1.29 is 4.39 Å². The maximum absolute atomic E-state index is 14.0. The van der Waals surface area contributed by atoms with E-state index in [-0.39, 0.29) is 11.9 Å². The molecule has 1 fully saturated rings. The summed E-state index contributed by atoms with van der Waals surface area (Å²) < 4.78 is 14.0. The Morgan fingerprint density at radius 1 is 1.16 bits per heavy atom. The van der Waals surface area contributed by atoms with Crippen LogP contribution in [0, 0.1) is 5.82 Å². The van der Waals surface area contributed by atoms with Gasteiger partial charge >= 0.3 is 0 Å². The minimum Gasteiger partial charge on any atom is -0.329 e. The van der Waals surface area contributed by atoms with Gasteiger partial charge in [0.15, 0.2) is 0 Å². The van der Waals surface area contributed by atoms with Crippen molar-refractivity contribution in [1.29, 1.82) is 0 Å².